The smallest absolute Gasteiger partial charge is 0.119 e. The lowest BCUT2D eigenvalue weighted by Gasteiger charge is -2.11. The van der Waals surface area contributed by atoms with Gasteiger partial charge in [-0.25, -0.2) is 0 Å². The zero-order chi connectivity index (χ0) is 11.8. The van der Waals surface area contributed by atoms with Gasteiger partial charge >= 0.3 is 0 Å². The van der Waals surface area contributed by atoms with Crippen molar-refractivity contribution in [2.75, 3.05) is 6.61 Å². The standard InChI is InChI=1S/C14H19NO/c1-4-6-12(3)15-11-13-7-9-14(10-8-13)16-5-2/h1,7-10,12,15H,5-6,11H2,2-3H3. The van der Waals surface area contributed by atoms with E-state index in [4.69, 9.17) is 11.2 Å². The average Bonchev–Trinajstić information content (AvgIpc) is 2.29. The largest absolute Gasteiger partial charge is 0.494 e. The van der Waals surface area contributed by atoms with Crippen LogP contribution in [0.3, 0.4) is 0 Å². The summed E-state index contributed by atoms with van der Waals surface area (Å²) in [6, 6.07) is 8.48. The van der Waals surface area contributed by atoms with E-state index in [9.17, 15) is 0 Å². The lowest BCUT2D eigenvalue weighted by atomic mass is 10.2. The Bertz CT molecular complexity index is 337. The van der Waals surface area contributed by atoms with Gasteiger partial charge in [0.15, 0.2) is 0 Å². The van der Waals surface area contributed by atoms with Gasteiger partial charge in [-0.05, 0) is 31.5 Å². The zero-order valence-corrected chi connectivity index (χ0v) is 9.99. The van der Waals surface area contributed by atoms with Gasteiger partial charge in [-0.1, -0.05) is 12.1 Å². The Hall–Kier alpha value is -1.46. The minimum absolute atomic E-state index is 0.358. The van der Waals surface area contributed by atoms with Crippen molar-refractivity contribution in [2.24, 2.45) is 0 Å². The highest BCUT2D eigenvalue weighted by atomic mass is 16.5. The molecule has 0 aliphatic heterocycles. The predicted molar refractivity (Wildman–Crippen MR) is 67.4 cm³/mol. The van der Waals surface area contributed by atoms with Gasteiger partial charge in [-0.15, -0.1) is 12.3 Å². The summed E-state index contributed by atoms with van der Waals surface area (Å²) in [4.78, 5) is 0. The normalized spacial score (nSPS) is 11.8. The number of nitrogens with one attached hydrogen (secondary N) is 1. The summed E-state index contributed by atoms with van der Waals surface area (Å²) in [6.07, 6.45) is 6.01. The molecule has 1 aromatic rings. The van der Waals surface area contributed by atoms with E-state index in [1.807, 2.05) is 19.1 Å². The molecule has 0 aliphatic carbocycles. The summed E-state index contributed by atoms with van der Waals surface area (Å²) in [5.74, 6) is 3.57. The molecule has 0 radical (unpaired) electrons. The van der Waals surface area contributed by atoms with Gasteiger partial charge in [-0.2, -0.15) is 0 Å². The quantitative estimate of drug-likeness (QED) is 0.739. The van der Waals surface area contributed by atoms with Gasteiger partial charge in [0.2, 0.25) is 0 Å². The maximum absolute atomic E-state index is 5.38. The van der Waals surface area contributed by atoms with Crippen LogP contribution in [0.5, 0.6) is 5.75 Å². The van der Waals surface area contributed by atoms with Crippen molar-refractivity contribution in [1.82, 2.24) is 5.32 Å². The second kappa shape index (κ2) is 6.92. The molecule has 1 rings (SSSR count). The van der Waals surface area contributed by atoms with E-state index in [1.165, 1.54) is 5.56 Å². The van der Waals surface area contributed by atoms with Crippen LogP contribution in [0.1, 0.15) is 25.8 Å². The SMILES string of the molecule is C#CCC(C)NCc1ccc(OCC)cc1. The molecular formula is C14H19NO. The van der Waals surface area contributed by atoms with Crippen LogP contribution in [-0.4, -0.2) is 12.6 Å². The van der Waals surface area contributed by atoms with Crippen LogP contribution in [-0.2, 0) is 6.54 Å². The molecule has 1 N–H and O–H groups in total. The van der Waals surface area contributed by atoms with E-state index in [0.29, 0.717) is 12.6 Å². The number of terminal acetylenes is 1. The van der Waals surface area contributed by atoms with Crippen LogP contribution in [0.4, 0.5) is 0 Å². The summed E-state index contributed by atoms with van der Waals surface area (Å²) in [5.41, 5.74) is 1.24. The summed E-state index contributed by atoms with van der Waals surface area (Å²) in [5, 5.41) is 3.37. The minimum Gasteiger partial charge on any atom is -0.494 e. The molecule has 16 heavy (non-hydrogen) atoms. The topological polar surface area (TPSA) is 21.3 Å². The molecule has 0 aliphatic rings. The first-order chi connectivity index (χ1) is 7.76. The predicted octanol–water partition coefficient (Wildman–Crippen LogP) is 2.59. The number of ether oxygens (including phenoxy) is 1. The average molecular weight is 217 g/mol. The van der Waals surface area contributed by atoms with Crippen LogP contribution in [0.2, 0.25) is 0 Å². The molecule has 0 bridgehead atoms. The van der Waals surface area contributed by atoms with E-state index < -0.39 is 0 Å². The van der Waals surface area contributed by atoms with Gasteiger partial charge in [0.1, 0.15) is 5.75 Å². The van der Waals surface area contributed by atoms with E-state index >= 15 is 0 Å². The highest BCUT2D eigenvalue weighted by Gasteiger charge is 1.99. The molecular weight excluding hydrogens is 198 g/mol. The van der Waals surface area contributed by atoms with Gasteiger partial charge in [0.25, 0.3) is 0 Å². The van der Waals surface area contributed by atoms with Crippen LogP contribution < -0.4 is 10.1 Å². The van der Waals surface area contributed by atoms with Crippen molar-refractivity contribution < 1.29 is 4.74 Å². The van der Waals surface area contributed by atoms with Crippen molar-refractivity contribution in [3.63, 3.8) is 0 Å². The van der Waals surface area contributed by atoms with Crippen molar-refractivity contribution in [3.05, 3.63) is 29.8 Å². The summed E-state index contributed by atoms with van der Waals surface area (Å²) in [7, 11) is 0. The Morgan fingerprint density at radius 2 is 2.06 bits per heavy atom. The number of hydrogen-bond donors (Lipinski definition) is 1. The van der Waals surface area contributed by atoms with Gasteiger partial charge in [0.05, 0.1) is 6.61 Å². The molecule has 1 unspecified atom stereocenters. The first-order valence-electron chi connectivity index (χ1n) is 5.64. The van der Waals surface area contributed by atoms with Gasteiger partial charge in [0, 0.05) is 19.0 Å². The molecule has 0 fully saturated rings. The third-order valence-electron chi connectivity index (χ3n) is 2.31. The maximum Gasteiger partial charge on any atom is 0.119 e. The maximum atomic E-state index is 5.38. The van der Waals surface area contributed by atoms with Crippen molar-refractivity contribution >= 4 is 0 Å². The van der Waals surface area contributed by atoms with Crippen molar-refractivity contribution in [1.29, 1.82) is 0 Å². The molecule has 1 atom stereocenters. The Labute approximate surface area is 98.0 Å². The van der Waals surface area contributed by atoms with E-state index in [-0.39, 0.29) is 0 Å². The fourth-order valence-corrected chi connectivity index (χ4v) is 1.41. The van der Waals surface area contributed by atoms with Crippen LogP contribution >= 0.6 is 0 Å². The van der Waals surface area contributed by atoms with E-state index in [0.717, 1.165) is 18.7 Å². The van der Waals surface area contributed by atoms with Gasteiger partial charge < -0.3 is 10.1 Å². The van der Waals surface area contributed by atoms with Gasteiger partial charge in [-0.3, -0.25) is 0 Å². The Morgan fingerprint density at radius 1 is 1.38 bits per heavy atom. The molecule has 0 saturated carbocycles. The Kier molecular flexibility index (Phi) is 5.45. The Balaban J connectivity index is 2.40. The molecule has 86 valence electrons. The summed E-state index contributed by atoms with van der Waals surface area (Å²) < 4.78 is 5.38. The molecule has 2 heteroatoms. The highest BCUT2D eigenvalue weighted by molar-refractivity contribution is 5.27. The van der Waals surface area contributed by atoms with Crippen LogP contribution in [0, 0.1) is 12.3 Å². The number of rotatable bonds is 6. The minimum atomic E-state index is 0.358. The van der Waals surface area contributed by atoms with E-state index in [2.05, 4.69) is 30.3 Å². The van der Waals surface area contributed by atoms with Crippen molar-refractivity contribution in [2.45, 2.75) is 32.9 Å². The second-order valence-corrected chi connectivity index (χ2v) is 3.77. The molecule has 1 aromatic carbocycles. The highest BCUT2D eigenvalue weighted by Crippen LogP contribution is 2.11. The Morgan fingerprint density at radius 3 is 2.62 bits per heavy atom. The zero-order valence-electron chi connectivity index (χ0n) is 9.99. The number of hydrogen-bond acceptors (Lipinski definition) is 2. The molecule has 2 nitrogen and oxygen atoms in total. The first kappa shape index (κ1) is 12.6. The van der Waals surface area contributed by atoms with Crippen LogP contribution in [0.15, 0.2) is 24.3 Å². The third kappa shape index (κ3) is 4.37. The first-order valence-corrected chi connectivity index (χ1v) is 5.64. The lowest BCUT2D eigenvalue weighted by Crippen LogP contribution is -2.24. The monoisotopic (exact) mass is 217 g/mol. The molecule has 0 heterocycles. The molecule has 0 saturated heterocycles. The second-order valence-electron chi connectivity index (χ2n) is 3.77. The van der Waals surface area contributed by atoms with E-state index in [1.54, 1.807) is 0 Å². The van der Waals surface area contributed by atoms with Crippen LogP contribution in [0.25, 0.3) is 0 Å². The summed E-state index contributed by atoms with van der Waals surface area (Å²) in [6.45, 7) is 5.62. The fraction of sp³-hybridized carbons (Fsp3) is 0.429. The molecule has 0 spiro atoms. The third-order valence-corrected chi connectivity index (χ3v) is 2.31. The molecule has 0 aromatic heterocycles. The number of benzene rings is 1. The van der Waals surface area contributed by atoms with Crippen molar-refractivity contribution in [3.8, 4) is 18.1 Å². The summed E-state index contributed by atoms with van der Waals surface area (Å²) >= 11 is 0. The fourth-order valence-electron chi connectivity index (χ4n) is 1.41. The molecule has 0 amide bonds. The lowest BCUT2D eigenvalue weighted by molar-refractivity contribution is 0.340.